The molecule has 1 N–H and O–H groups in total. The Morgan fingerprint density at radius 3 is 2.77 bits per heavy atom. The first-order chi connectivity index (χ1) is 15.2. The SMILES string of the molecule is Cc1ccc(NC(=O)c2ccc3nnc([C@H]4CCN(Cc5ccccc5)C4)n3c2)nc1. The van der Waals surface area contributed by atoms with E-state index in [4.69, 9.17) is 0 Å². The van der Waals surface area contributed by atoms with Crippen LogP contribution in [-0.4, -0.2) is 43.5 Å². The molecule has 1 aliphatic heterocycles. The molecule has 4 aromatic rings. The fraction of sp³-hybridized carbons (Fsp3) is 0.250. The van der Waals surface area contributed by atoms with Gasteiger partial charge in [0.1, 0.15) is 11.6 Å². The summed E-state index contributed by atoms with van der Waals surface area (Å²) < 4.78 is 1.95. The molecule has 1 amide bonds. The number of benzene rings is 1. The molecule has 7 nitrogen and oxygen atoms in total. The molecule has 1 saturated heterocycles. The third kappa shape index (κ3) is 4.18. The van der Waals surface area contributed by atoms with Gasteiger partial charge in [-0.25, -0.2) is 4.98 Å². The summed E-state index contributed by atoms with van der Waals surface area (Å²) in [5, 5.41) is 11.6. The van der Waals surface area contributed by atoms with E-state index in [0.29, 0.717) is 11.4 Å². The van der Waals surface area contributed by atoms with Crippen molar-refractivity contribution in [2.24, 2.45) is 0 Å². The average Bonchev–Trinajstić information content (AvgIpc) is 3.42. The molecule has 0 spiro atoms. The number of aromatic nitrogens is 4. The molecule has 5 rings (SSSR count). The van der Waals surface area contributed by atoms with Crippen molar-refractivity contribution in [3.05, 3.63) is 89.5 Å². The van der Waals surface area contributed by atoms with Gasteiger partial charge in [-0.15, -0.1) is 10.2 Å². The number of nitrogens with one attached hydrogen (secondary N) is 1. The summed E-state index contributed by atoms with van der Waals surface area (Å²) in [6.45, 7) is 4.85. The summed E-state index contributed by atoms with van der Waals surface area (Å²) in [5.74, 6) is 1.53. The minimum Gasteiger partial charge on any atom is -0.307 e. The highest BCUT2D eigenvalue weighted by molar-refractivity contribution is 6.03. The van der Waals surface area contributed by atoms with Crippen molar-refractivity contribution in [2.75, 3.05) is 18.4 Å². The van der Waals surface area contributed by atoms with Crippen LogP contribution in [0.2, 0.25) is 0 Å². The highest BCUT2D eigenvalue weighted by atomic mass is 16.1. The predicted octanol–water partition coefficient (Wildman–Crippen LogP) is 3.67. The predicted molar refractivity (Wildman–Crippen MR) is 119 cm³/mol. The smallest absolute Gasteiger partial charge is 0.258 e. The molecule has 4 heterocycles. The van der Waals surface area contributed by atoms with Gasteiger partial charge < -0.3 is 5.32 Å². The number of carbonyl (C=O) groups excluding carboxylic acids is 1. The third-order valence-electron chi connectivity index (χ3n) is 5.73. The van der Waals surface area contributed by atoms with Crippen molar-refractivity contribution >= 4 is 17.4 Å². The number of fused-ring (bicyclic) bond motifs is 1. The maximum absolute atomic E-state index is 12.7. The fourth-order valence-electron chi connectivity index (χ4n) is 4.08. The molecule has 7 heteroatoms. The average molecular weight is 412 g/mol. The second kappa shape index (κ2) is 8.28. The number of hydrogen-bond acceptors (Lipinski definition) is 5. The van der Waals surface area contributed by atoms with Crippen LogP contribution in [0.1, 0.15) is 39.6 Å². The zero-order valence-corrected chi connectivity index (χ0v) is 17.4. The van der Waals surface area contributed by atoms with Crippen LogP contribution in [0.25, 0.3) is 5.65 Å². The van der Waals surface area contributed by atoms with Crippen molar-refractivity contribution in [2.45, 2.75) is 25.8 Å². The number of likely N-dealkylation sites (tertiary alicyclic amines) is 1. The first-order valence-corrected chi connectivity index (χ1v) is 10.5. The molecule has 0 bridgehead atoms. The van der Waals surface area contributed by atoms with E-state index in [-0.39, 0.29) is 11.8 Å². The monoisotopic (exact) mass is 412 g/mol. The van der Waals surface area contributed by atoms with Gasteiger partial charge in [0.15, 0.2) is 5.65 Å². The largest absolute Gasteiger partial charge is 0.307 e. The first-order valence-electron chi connectivity index (χ1n) is 10.5. The molecular formula is C24H24N6O. The van der Waals surface area contributed by atoms with Crippen LogP contribution < -0.4 is 5.32 Å². The Labute approximate surface area is 180 Å². The Morgan fingerprint density at radius 1 is 1.10 bits per heavy atom. The summed E-state index contributed by atoms with van der Waals surface area (Å²) >= 11 is 0. The van der Waals surface area contributed by atoms with Crippen LogP contribution in [0.4, 0.5) is 5.82 Å². The Hall–Kier alpha value is -3.58. The Morgan fingerprint density at radius 2 is 1.97 bits per heavy atom. The lowest BCUT2D eigenvalue weighted by Crippen LogP contribution is -2.20. The number of aryl methyl sites for hydroxylation is 1. The Kier molecular flexibility index (Phi) is 5.18. The first kappa shape index (κ1) is 19.4. The highest BCUT2D eigenvalue weighted by Crippen LogP contribution is 2.27. The van der Waals surface area contributed by atoms with E-state index in [1.54, 1.807) is 18.3 Å². The van der Waals surface area contributed by atoms with Gasteiger partial charge in [-0.05, 0) is 49.2 Å². The summed E-state index contributed by atoms with van der Waals surface area (Å²) in [6, 6.07) is 17.9. The number of rotatable bonds is 5. The maximum Gasteiger partial charge on any atom is 0.258 e. The van der Waals surface area contributed by atoms with Crippen LogP contribution >= 0.6 is 0 Å². The fourth-order valence-corrected chi connectivity index (χ4v) is 4.08. The molecule has 156 valence electrons. The zero-order valence-electron chi connectivity index (χ0n) is 17.4. The van der Waals surface area contributed by atoms with E-state index in [0.717, 1.165) is 43.1 Å². The quantitative estimate of drug-likeness (QED) is 0.541. The molecule has 0 saturated carbocycles. The standard InChI is InChI=1S/C24H24N6O/c1-17-7-9-21(25-13-17)26-24(31)20-8-10-22-27-28-23(30(22)16-20)19-11-12-29(15-19)14-18-5-3-2-4-6-18/h2-10,13,16,19H,11-12,14-15H2,1H3,(H,25,26,31)/t19-/m0/s1. The highest BCUT2D eigenvalue weighted by Gasteiger charge is 2.27. The van der Waals surface area contributed by atoms with E-state index in [2.05, 4.69) is 49.7 Å². The number of anilines is 1. The van der Waals surface area contributed by atoms with Gasteiger partial charge in [0.05, 0.1) is 5.56 Å². The minimum absolute atomic E-state index is 0.199. The van der Waals surface area contributed by atoms with E-state index < -0.39 is 0 Å². The normalized spacial score (nSPS) is 16.6. The number of nitrogens with zero attached hydrogens (tertiary/aromatic N) is 5. The lowest BCUT2D eigenvalue weighted by Gasteiger charge is -2.15. The second-order valence-electron chi connectivity index (χ2n) is 8.09. The molecular weight excluding hydrogens is 388 g/mol. The van der Waals surface area contributed by atoms with Crippen molar-refractivity contribution in [1.82, 2.24) is 24.5 Å². The third-order valence-corrected chi connectivity index (χ3v) is 5.73. The van der Waals surface area contributed by atoms with Gasteiger partial charge >= 0.3 is 0 Å². The number of carbonyl (C=O) groups is 1. The van der Waals surface area contributed by atoms with Crippen molar-refractivity contribution < 1.29 is 4.79 Å². The van der Waals surface area contributed by atoms with Crippen LogP contribution in [0.15, 0.2) is 67.0 Å². The van der Waals surface area contributed by atoms with Gasteiger partial charge in [-0.1, -0.05) is 36.4 Å². The van der Waals surface area contributed by atoms with Crippen LogP contribution in [0, 0.1) is 6.92 Å². The molecule has 1 fully saturated rings. The lowest BCUT2D eigenvalue weighted by atomic mass is 10.1. The van der Waals surface area contributed by atoms with Crippen molar-refractivity contribution in [1.29, 1.82) is 0 Å². The van der Waals surface area contributed by atoms with E-state index in [1.165, 1.54) is 5.56 Å². The Balaban J connectivity index is 1.33. The van der Waals surface area contributed by atoms with Crippen LogP contribution in [0.5, 0.6) is 0 Å². The van der Waals surface area contributed by atoms with E-state index in [9.17, 15) is 4.79 Å². The summed E-state index contributed by atoms with van der Waals surface area (Å²) in [6.07, 6.45) is 4.59. The van der Waals surface area contributed by atoms with Crippen LogP contribution in [-0.2, 0) is 6.54 Å². The topological polar surface area (TPSA) is 75.4 Å². The van der Waals surface area contributed by atoms with Gasteiger partial charge in [0, 0.05) is 31.4 Å². The second-order valence-corrected chi connectivity index (χ2v) is 8.09. The molecule has 1 atom stereocenters. The van der Waals surface area contributed by atoms with Gasteiger partial charge in [-0.3, -0.25) is 14.1 Å². The molecule has 3 aromatic heterocycles. The summed E-state index contributed by atoms with van der Waals surface area (Å²) in [7, 11) is 0. The zero-order chi connectivity index (χ0) is 21.2. The maximum atomic E-state index is 12.7. The molecule has 0 radical (unpaired) electrons. The van der Waals surface area contributed by atoms with Gasteiger partial charge in [0.25, 0.3) is 5.91 Å². The van der Waals surface area contributed by atoms with Crippen molar-refractivity contribution in [3.63, 3.8) is 0 Å². The van der Waals surface area contributed by atoms with Crippen molar-refractivity contribution in [3.8, 4) is 0 Å². The van der Waals surface area contributed by atoms with Crippen LogP contribution in [0.3, 0.4) is 0 Å². The van der Waals surface area contributed by atoms with E-state index in [1.807, 2.05) is 35.7 Å². The van der Waals surface area contributed by atoms with E-state index >= 15 is 0 Å². The summed E-state index contributed by atoms with van der Waals surface area (Å²) in [5.41, 5.74) is 3.67. The summed E-state index contributed by atoms with van der Waals surface area (Å²) in [4.78, 5) is 19.4. The Bertz CT molecular complexity index is 1200. The number of hydrogen-bond donors (Lipinski definition) is 1. The minimum atomic E-state index is -0.199. The lowest BCUT2D eigenvalue weighted by molar-refractivity contribution is 0.102. The molecule has 31 heavy (non-hydrogen) atoms. The number of amides is 1. The molecule has 0 unspecified atom stereocenters. The molecule has 1 aromatic carbocycles. The number of pyridine rings is 2. The molecule has 1 aliphatic rings. The molecule has 0 aliphatic carbocycles. The van der Waals surface area contributed by atoms with Gasteiger partial charge in [0.2, 0.25) is 0 Å². The van der Waals surface area contributed by atoms with Gasteiger partial charge in [-0.2, -0.15) is 0 Å².